The average molecular weight is 531 g/mol. The molecule has 1 aromatic carbocycles. The van der Waals surface area contributed by atoms with Crippen LogP contribution in [0.5, 0.6) is 0 Å². The molecule has 38 heavy (non-hydrogen) atoms. The molecular weight excluding hydrogens is 492 g/mol. The van der Waals surface area contributed by atoms with Gasteiger partial charge in [-0.3, -0.25) is 28.8 Å². The Morgan fingerprint density at radius 3 is 2.21 bits per heavy atom. The van der Waals surface area contributed by atoms with Gasteiger partial charge >= 0.3 is 0 Å². The SMILES string of the molecule is CC[C@@H]1NC(=O)C(CCC(N)=O)NC(=O)[C@](C)(NC(=O)C(C)C)CCNC(=O)[C@@H](c2ccccc2)NC1=O. The highest BCUT2D eigenvalue weighted by atomic mass is 16.2. The van der Waals surface area contributed by atoms with Crippen LogP contribution in [0.1, 0.15) is 65.0 Å². The predicted octanol–water partition coefficient (Wildman–Crippen LogP) is -0.460. The summed E-state index contributed by atoms with van der Waals surface area (Å²) in [7, 11) is 0. The number of hydrogen-bond donors (Lipinski definition) is 6. The molecule has 1 saturated heterocycles. The number of benzene rings is 1. The summed E-state index contributed by atoms with van der Waals surface area (Å²) in [4.78, 5) is 76.9. The number of rotatable bonds is 7. The lowest BCUT2D eigenvalue weighted by Crippen LogP contribution is -2.63. The van der Waals surface area contributed by atoms with Crippen molar-refractivity contribution in [3.05, 3.63) is 35.9 Å². The fraction of sp³-hybridized carbons (Fsp3) is 0.538. The van der Waals surface area contributed by atoms with Crippen molar-refractivity contribution in [2.24, 2.45) is 11.7 Å². The number of hydrogen-bond acceptors (Lipinski definition) is 6. The zero-order chi connectivity index (χ0) is 28.5. The van der Waals surface area contributed by atoms with Crippen LogP contribution in [0.15, 0.2) is 30.3 Å². The van der Waals surface area contributed by atoms with Crippen LogP contribution in [0.4, 0.5) is 0 Å². The second-order valence-corrected chi connectivity index (χ2v) is 9.87. The fourth-order valence-electron chi connectivity index (χ4n) is 3.87. The van der Waals surface area contributed by atoms with Crippen molar-refractivity contribution < 1.29 is 28.8 Å². The Balaban J connectivity index is 2.48. The van der Waals surface area contributed by atoms with Gasteiger partial charge < -0.3 is 32.3 Å². The van der Waals surface area contributed by atoms with Crippen LogP contribution in [0.2, 0.25) is 0 Å². The maximum absolute atomic E-state index is 13.4. The Labute approximate surface area is 222 Å². The first kappa shape index (κ1) is 30.3. The van der Waals surface area contributed by atoms with E-state index in [1.54, 1.807) is 51.1 Å². The molecular formula is C26H38N6O6. The van der Waals surface area contributed by atoms with Gasteiger partial charge in [0.15, 0.2) is 0 Å². The van der Waals surface area contributed by atoms with Crippen LogP contribution in [-0.4, -0.2) is 59.6 Å². The van der Waals surface area contributed by atoms with Gasteiger partial charge in [0.1, 0.15) is 23.7 Å². The number of primary amides is 1. The van der Waals surface area contributed by atoms with Crippen molar-refractivity contribution in [3.8, 4) is 0 Å². The van der Waals surface area contributed by atoms with E-state index < -0.39 is 65.0 Å². The number of nitrogens with one attached hydrogen (secondary N) is 5. The molecule has 0 aromatic heterocycles. The first-order valence-corrected chi connectivity index (χ1v) is 12.7. The number of carbonyl (C=O) groups is 6. The Morgan fingerprint density at radius 2 is 1.63 bits per heavy atom. The molecule has 4 atom stereocenters. The van der Waals surface area contributed by atoms with Gasteiger partial charge in [0.2, 0.25) is 35.4 Å². The minimum absolute atomic E-state index is 0.0137. The van der Waals surface area contributed by atoms with Gasteiger partial charge in [-0.15, -0.1) is 0 Å². The Bertz CT molecular complexity index is 1050. The van der Waals surface area contributed by atoms with Gasteiger partial charge in [-0.2, -0.15) is 0 Å². The summed E-state index contributed by atoms with van der Waals surface area (Å²) >= 11 is 0. The molecule has 0 radical (unpaired) electrons. The molecule has 0 saturated carbocycles. The van der Waals surface area contributed by atoms with Crippen LogP contribution >= 0.6 is 0 Å². The molecule has 7 N–H and O–H groups in total. The molecule has 208 valence electrons. The minimum atomic E-state index is -1.50. The summed E-state index contributed by atoms with van der Waals surface area (Å²) in [5.41, 5.74) is 4.29. The zero-order valence-electron chi connectivity index (χ0n) is 22.3. The Morgan fingerprint density at radius 1 is 1.00 bits per heavy atom. The molecule has 1 aliphatic heterocycles. The number of carbonyl (C=O) groups excluding carboxylic acids is 6. The molecule has 12 nitrogen and oxygen atoms in total. The number of amides is 6. The molecule has 12 heteroatoms. The molecule has 0 bridgehead atoms. The summed E-state index contributed by atoms with van der Waals surface area (Å²) in [5.74, 6) is -3.97. The lowest BCUT2D eigenvalue weighted by molar-refractivity contribution is -0.138. The van der Waals surface area contributed by atoms with Crippen LogP contribution in [0.3, 0.4) is 0 Å². The molecule has 1 aliphatic rings. The highest BCUT2D eigenvalue weighted by molar-refractivity contribution is 5.97. The fourth-order valence-corrected chi connectivity index (χ4v) is 3.87. The van der Waals surface area contributed by atoms with E-state index in [-0.39, 0.29) is 32.2 Å². The van der Waals surface area contributed by atoms with E-state index in [1.165, 1.54) is 6.92 Å². The van der Waals surface area contributed by atoms with Gasteiger partial charge in [-0.25, -0.2) is 0 Å². The van der Waals surface area contributed by atoms with E-state index in [0.29, 0.717) is 5.56 Å². The third-order valence-corrected chi connectivity index (χ3v) is 6.37. The van der Waals surface area contributed by atoms with Gasteiger partial charge in [0.25, 0.3) is 0 Å². The van der Waals surface area contributed by atoms with Crippen LogP contribution in [0, 0.1) is 5.92 Å². The van der Waals surface area contributed by atoms with Crippen molar-refractivity contribution >= 4 is 35.4 Å². The molecule has 0 spiro atoms. The molecule has 1 heterocycles. The molecule has 1 fully saturated rings. The molecule has 1 aromatic rings. The highest BCUT2D eigenvalue weighted by Gasteiger charge is 2.39. The maximum Gasteiger partial charge on any atom is 0.247 e. The maximum atomic E-state index is 13.4. The lowest BCUT2D eigenvalue weighted by Gasteiger charge is -2.33. The standard InChI is InChI=1S/C26H38N6O6/c1-5-17-22(35)31-20(16-9-7-6-8-10-16)24(37)28-14-13-26(4,32-21(34)15(2)3)25(38)30-18(23(36)29-17)11-12-19(27)33/h6-10,15,17-18,20H,5,11-14H2,1-4H3,(H2,27,33)(H,28,37)(H,29,36)(H,30,38)(H,31,35)(H,32,34)/t17-,18?,20+,26+/m0/s1. The lowest BCUT2D eigenvalue weighted by atomic mass is 9.93. The Kier molecular flexibility index (Phi) is 10.8. The largest absolute Gasteiger partial charge is 0.370 e. The third kappa shape index (κ3) is 8.29. The van der Waals surface area contributed by atoms with E-state index in [1.807, 2.05) is 0 Å². The second kappa shape index (κ2) is 13.5. The number of nitrogens with two attached hydrogens (primary N) is 1. The summed E-state index contributed by atoms with van der Waals surface area (Å²) < 4.78 is 0. The van der Waals surface area contributed by atoms with E-state index in [9.17, 15) is 28.8 Å². The highest BCUT2D eigenvalue weighted by Crippen LogP contribution is 2.16. The van der Waals surface area contributed by atoms with E-state index in [4.69, 9.17) is 5.73 Å². The minimum Gasteiger partial charge on any atom is -0.370 e. The van der Waals surface area contributed by atoms with Gasteiger partial charge in [0, 0.05) is 18.9 Å². The van der Waals surface area contributed by atoms with Crippen molar-refractivity contribution in [3.63, 3.8) is 0 Å². The first-order chi connectivity index (χ1) is 17.9. The van der Waals surface area contributed by atoms with Crippen molar-refractivity contribution in [1.29, 1.82) is 0 Å². The molecule has 2 rings (SSSR count). The monoisotopic (exact) mass is 530 g/mol. The Hall–Kier alpha value is -3.96. The van der Waals surface area contributed by atoms with Crippen molar-refractivity contribution in [1.82, 2.24) is 26.6 Å². The van der Waals surface area contributed by atoms with Crippen LogP contribution in [-0.2, 0) is 28.8 Å². The van der Waals surface area contributed by atoms with E-state index >= 15 is 0 Å². The average Bonchev–Trinajstić information content (AvgIpc) is 2.87. The van der Waals surface area contributed by atoms with E-state index in [0.717, 1.165) is 0 Å². The summed E-state index contributed by atoms with van der Waals surface area (Å²) in [5, 5.41) is 13.4. The van der Waals surface area contributed by atoms with Gasteiger partial charge in [-0.1, -0.05) is 51.1 Å². The quantitative estimate of drug-likeness (QED) is 0.277. The van der Waals surface area contributed by atoms with Gasteiger partial charge in [-0.05, 0) is 31.7 Å². The third-order valence-electron chi connectivity index (χ3n) is 6.37. The second-order valence-electron chi connectivity index (χ2n) is 9.87. The summed E-state index contributed by atoms with van der Waals surface area (Å²) in [6.45, 7) is 6.50. The van der Waals surface area contributed by atoms with Crippen molar-refractivity contribution in [2.45, 2.75) is 77.0 Å². The summed E-state index contributed by atoms with van der Waals surface area (Å²) in [6.07, 6.45) is -0.120. The molecule has 0 aliphatic carbocycles. The zero-order valence-corrected chi connectivity index (χ0v) is 22.3. The molecule has 6 amide bonds. The normalized spacial score (nSPS) is 25.3. The van der Waals surface area contributed by atoms with Crippen LogP contribution in [0.25, 0.3) is 0 Å². The van der Waals surface area contributed by atoms with Crippen molar-refractivity contribution in [2.75, 3.05) is 6.54 Å². The predicted molar refractivity (Wildman–Crippen MR) is 139 cm³/mol. The van der Waals surface area contributed by atoms with Gasteiger partial charge in [0.05, 0.1) is 0 Å². The topological polar surface area (TPSA) is 189 Å². The van der Waals surface area contributed by atoms with Crippen LogP contribution < -0.4 is 32.3 Å². The smallest absolute Gasteiger partial charge is 0.247 e. The summed E-state index contributed by atoms with van der Waals surface area (Å²) in [6, 6.07) is 5.32. The van der Waals surface area contributed by atoms with E-state index in [2.05, 4.69) is 26.6 Å². The first-order valence-electron chi connectivity index (χ1n) is 12.7. The molecule has 1 unspecified atom stereocenters.